The molecule has 21 heavy (non-hydrogen) atoms. The molecule has 0 unspecified atom stereocenters. The zero-order valence-electron chi connectivity index (χ0n) is 12.3. The maximum absolute atomic E-state index is 12.2. The van der Waals surface area contributed by atoms with E-state index in [4.69, 9.17) is 0 Å². The van der Waals surface area contributed by atoms with Crippen molar-refractivity contribution in [2.45, 2.75) is 20.3 Å². The van der Waals surface area contributed by atoms with Crippen molar-refractivity contribution in [1.82, 2.24) is 5.32 Å². The average Bonchev–Trinajstić information content (AvgIpc) is 2.88. The Morgan fingerprint density at radius 1 is 1.14 bits per heavy atom. The van der Waals surface area contributed by atoms with Gasteiger partial charge in [-0.25, -0.2) is 0 Å². The fourth-order valence-corrected chi connectivity index (χ4v) is 3.03. The monoisotopic (exact) mass is 302 g/mol. The first-order chi connectivity index (χ1) is 10.0. The van der Waals surface area contributed by atoms with Crippen molar-refractivity contribution in [2.75, 3.05) is 12.4 Å². The summed E-state index contributed by atoms with van der Waals surface area (Å²) in [4.78, 5) is 25.5. The molecule has 0 spiro atoms. The Labute approximate surface area is 128 Å². The smallest absolute Gasteiger partial charge is 0.265 e. The molecule has 0 fully saturated rings. The molecule has 1 aromatic heterocycles. The van der Waals surface area contributed by atoms with E-state index in [9.17, 15) is 9.59 Å². The maximum atomic E-state index is 12.2. The van der Waals surface area contributed by atoms with Crippen molar-refractivity contribution < 1.29 is 9.59 Å². The van der Waals surface area contributed by atoms with Gasteiger partial charge in [-0.1, -0.05) is 6.92 Å². The third kappa shape index (κ3) is 3.49. The zero-order chi connectivity index (χ0) is 15.4. The van der Waals surface area contributed by atoms with Crippen LogP contribution < -0.4 is 10.6 Å². The van der Waals surface area contributed by atoms with Crippen molar-refractivity contribution in [1.29, 1.82) is 0 Å². The highest BCUT2D eigenvalue weighted by molar-refractivity contribution is 7.14. The van der Waals surface area contributed by atoms with Gasteiger partial charge in [0.15, 0.2) is 0 Å². The third-order valence-electron chi connectivity index (χ3n) is 3.26. The Morgan fingerprint density at radius 3 is 2.33 bits per heavy atom. The maximum Gasteiger partial charge on any atom is 0.265 e. The van der Waals surface area contributed by atoms with E-state index in [2.05, 4.69) is 17.6 Å². The van der Waals surface area contributed by atoms with Gasteiger partial charge in [-0.2, -0.15) is 0 Å². The predicted octanol–water partition coefficient (Wildman–Crippen LogP) is 3.23. The van der Waals surface area contributed by atoms with Crippen LogP contribution in [0.5, 0.6) is 0 Å². The van der Waals surface area contributed by atoms with E-state index in [1.165, 1.54) is 21.8 Å². The molecule has 0 bridgehead atoms. The Balaban J connectivity index is 2.10. The molecule has 0 atom stereocenters. The number of aryl methyl sites for hydroxylation is 2. The molecular formula is C16H18N2O2S. The third-order valence-corrected chi connectivity index (χ3v) is 4.35. The predicted molar refractivity (Wildman–Crippen MR) is 86.2 cm³/mol. The molecular weight excluding hydrogens is 284 g/mol. The molecule has 2 N–H and O–H groups in total. The molecule has 4 nitrogen and oxygen atoms in total. The van der Waals surface area contributed by atoms with Gasteiger partial charge in [-0.3, -0.25) is 9.59 Å². The topological polar surface area (TPSA) is 58.2 Å². The number of carbonyl (C=O) groups excluding carboxylic acids is 2. The van der Waals surface area contributed by atoms with Gasteiger partial charge < -0.3 is 10.6 Å². The first-order valence-corrected chi connectivity index (χ1v) is 7.59. The molecule has 0 radical (unpaired) electrons. The van der Waals surface area contributed by atoms with E-state index in [-0.39, 0.29) is 11.8 Å². The number of hydrogen-bond donors (Lipinski definition) is 2. The van der Waals surface area contributed by atoms with Gasteiger partial charge in [-0.15, -0.1) is 11.3 Å². The molecule has 0 saturated heterocycles. The van der Waals surface area contributed by atoms with Gasteiger partial charge in [0, 0.05) is 23.2 Å². The summed E-state index contributed by atoms with van der Waals surface area (Å²) in [7, 11) is 1.59. The summed E-state index contributed by atoms with van der Waals surface area (Å²) in [6.45, 7) is 4.10. The Bertz CT molecular complexity index is 659. The number of rotatable bonds is 4. The van der Waals surface area contributed by atoms with Crippen LogP contribution in [0.4, 0.5) is 5.69 Å². The van der Waals surface area contributed by atoms with Gasteiger partial charge >= 0.3 is 0 Å². The number of carbonyl (C=O) groups is 2. The van der Waals surface area contributed by atoms with Gasteiger partial charge in [-0.05, 0) is 49.2 Å². The summed E-state index contributed by atoms with van der Waals surface area (Å²) in [6, 6.07) is 8.76. The quantitative estimate of drug-likeness (QED) is 0.911. The van der Waals surface area contributed by atoms with Gasteiger partial charge in [0.1, 0.15) is 0 Å². The molecule has 2 rings (SSSR count). The molecule has 2 aromatic rings. The molecule has 1 heterocycles. The number of anilines is 1. The van der Waals surface area contributed by atoms with Gasteiger partial charge in [0.25, 0.3) is 11.8 Å². The standard InChI is InChI=1S/C16H18N2O2S/c1-4-11-9-14(21-10(11)2)16(20)18-13-7-5-12(6-8-13)15(19)17-3/h5-9H,4H2,1-3H3,(H,17,19)(H,18,20). The minimum Gasteiger partial charge on any atom is -0.355 e. The lowest BCUT2D eigenvalue weighted by atomic mass is 10.2. The van der Waals surface area contributed by atoms with Crippen molar-refractivity contribution in [3.8, 4) is 0 Å². The second kappa shape index (κ2) is 6.54. The summed E-state index contributed by atoms with van der Waals surface area (Å²) in [6.07, 6.45) is 0.927. The fourth-order valence-electron chi connectivity index (χ4n) is 2.02. The Morgan fingerprint density at radius 2 is 1.81 bits per heavy atom. The van der Waals surface area contributed by atoms with Crippen LogP contribution in [0.1, 0.15) is 37.4 Å². The molecule has 0 aliphatic rings. The zero-order valence-corrected chi connectivity index (χ0v) is 13.1. The molecule has 110 valence electrons. The molecule has 0 aliphatic heterocycles. The van der Waals surface area contributed by atoms with Gasteiger partial charge in [0.2, 0.25) is 0 Å². The first-order valence-electron chi connectivity index (χ1n) is 6.78. The van der Waals surface area contributed by atoms with Crippen LogP contribution in [-0.4, -0.2) is 18.9 Å². The second-order valence-electron chi connectivity index (χ2n) is 4.66. The summed E-state index contributed by atoms with van der Waals surface area (Å²) in [5, 5.41) is 5.40. The van der Waals surface area contributed by atoms with Crippen molar-refractivity contribution in [3.05, 3.63) is 51.2 Å². The van der Waals surface area contributed by atoms with Crippen molar-refractivity contribution in [2.24, 2.45) is 0 Å². The van der Waals surface area contributed by atoms with E-state index in [0.717, 1.165) is 6.42 Å². The highest BCUT2D eigenvalue weighted by Gasteiger charge is 2.12. The molecule has 0 aliphatic carbocycles. The van der Waals surface area contributed by atoms with Crippen molar-refractivity contribution in [3.63, 3.8) is 0 Å². The normalized spacial score (nSPS) is 10.2. The minimum absolute atomic E-state index is 0.115. The van der Waals surface area contributed by atoms with Crippen LogP contribution in [0.2, 0.25) is 0 Å². The molecule has 2 amide bonds. The summed E-state index contributed by atoms with van der Waals surface area (Å²) >= 11 is 1.50. The van der Waals surface area contributed by atoms with Crippen LogP contribution in [-0.2, 0) is 6.42 Å². The highest BCUT2D eigenvalue weighted by atomic mass is 32.1. The van der Waals surface area contributed by atoms with Gasteiger partial charge in [0.05, 0.1) is 4.88 Å². The first kappa shape index (κ1) is 15.3. The lowest BCUT2D eigenvalue weighted by molar-refractivity contribution is 0.0962. The van der Waals surface area contributed by atoms with Crippen molar-refractivity contribution >= 4 is 28.8 Å². The van der Waals surface area contributed by atoms with E-state index < -0.39 is 0 Å². The number of thiophene rings is 1. The summed E-state index contributed by atoms with van der Waals surface area (Å²) in [5.74, 6) is -0.259. The van der Waals surface area contributed by atoms with E-state index in [1.807, 2.05) is 13.0 Å². The van der Waals surface area contributed by atoms with E-state index in [1.54, 1.807) is 31.3 Å². The van der Waals surface area contributed by atoms with E-state index in [0.29, 0.717) is 16.1 Å². The minimum atomic E-state index is -0.144. The fraction of sp³-hybridized carbons (Fsp3) is 0.250. The summed E-state index contributed by atoms with van der Waals surface area (Å²) in [5.41, 5.74) is 2.45. The lowest BCUT2D eigenvalue weighted by Crippen LogP contribution is -2.17. The Kier molecular flexibility index (Phi) is 4.75. The SMILES string of the molecule is CCc1cc(C(=O)Nc2ccc(C(=O)NC)cc2)sc1C. The van der Waals surface area contributed by atoms with Crippen LogP contribution in [0.15, 0.2) is 30.3 Å². The van der Waals surface area contributed by atoms with Crippen LogP contribution in [0, 0.1) is 6.92 Å². The molecule has 5 heteroatoms. The Hall–Kier alpha value is -2.14. The number of amides is 2. The second-order valence-corrected chi connectivity index (χ2v) is 5.91. The molecule has 0 saturated carbocycles. The lowest BCUT2D eigenvalue weighted by Gasteiger charge is -2.05. The number of nitrogens with one attached hydrogen (secondary N) is 2. The van der Waals surface area contributed by atoms with Crippen LogP contribution in [0.3, 0.4) is 0 Å². The highest BCUT2D eigenvalue weighted by Crippen LogP contribution is 2.23. The number of hydrogen-bond acceptors (Lipinski definition) is 3. The largest absolute Gasteiger partial charge is 0.355 e. The van der Waals surface area contributed by atoms with Crippen LogP contribution >= 0.6 is 11.3 Å². The molecule has 1 aromatic carbocycles. The number of benzene rings is 1. The summed E-state index contributed by atoms with van der Waals surface area (Å²) < 4.78 is 0. The van der Waals surface area contributed by atoms with E-state index >= 15 is 0 Å². The van der Waals surface area contributed by atoms with Crippen LogP contribution in [0.25, 0.3) is 0 Å². The average molecular weight is 302 g/mol.